The number of aryl methyl sites for hydroxylation is 1. The van der Waals surface area contributed by atoms with Crippen LogP contribution in [-0.2, 0) is 6.42 Å². The first-order valence-corrected chi connectivity index (χ1v) is 6.10. The van der Waals surface area contributed by atoms with Crippen LogP contribution in [0.3, 0.4) is 0 Å². The van der Waals surface area contributed by atoms with Crippen molar-refractivity contribution in [2.24, 2.45) is 0 Å². The molecule has 1 aliphatic heterocycles. The molecule has 0 amide bonds. The monoisotopic (exact) mass is 210 g/mol. The van der Waals surface area contributed by atoms with Crippen molar-refractivity contribution in [1.29, 1.82) is 0 Å². The quantitative estimate of drug-likeness (QED) is 0.689. The van der Waals surface area contributed by atoms with Crippen molar-refractivity contribution in [3.63, 3.8) is 0 Å². The third kappa shape index (κ3) is 1.75. The maximum absolute atomic E-state index is 4.53. The predicted octanol–water partition coefficient (Wildman–Crippen LogP) is 3.75. The average Bonchev–Trinajstić information content (AvgIpc) is 2.51. The molecule has 0 aromatic heterocycles. The summed E-state index contributed by atoms with van der Waals surface area (Å²) in [6.07, 6.45) is 1.22. The minimum atomic E-state index is 0.613. The van der Waals surface area contributed by atoms with Gasteiger partial charge in [0.05, 0.1) is 0 Å². The molecule has 0 spiro atoms. The maximum atomic E-state index is 4.53. The zero-order valence-corrected chi connectivity index (χ0v) is 9.71. The Kier molecular flexibility index (Phi) is 2.61. The Morgan fingerprint density at radius 2 is 2.15 bits per heavy atom. The smallest absolute Gasteiger partial charge is 0.0238 e. The highest BCUT2D eigenvalue weighted by Gasteiger charge is 2.15. The molecule has 0 atom stereocenters. The summed E-state index contributed by atoms with van der Waals surface area (Å²) in [7, 11) is 0. The molecular formula is C11H14S2. The number of fused-ring (bicyclic) bond motifs is 1. The van der Waals surface area contributed by atoms with Crippen LogP contribution in [0.5, 0.6) is 0 Å². The van der Waals surface area contributed by atoms with Gasteiger partial charge in [-0.25, -0.2) is 0 Å². The molecule has 0 nitrogen and oxygen atoms in total. The lowest BCUT2D eigenvalue weighted by molar-refractivity contribution is 0.852. The van der Waals surface area contributed by atoms with Crippen LogP contribution < -0.4 is 0 Å². The highest BCUT2D eigenvalue weighted by atomic mass is 32.2. The van der Waals surface area contributed by atoms with E-state index in [2.05, 4.69) is 38.6 Å². The highest BCUT2D eigenvalue weighted by Crippen LogP contribution is 2.38. The van der Waals surface area contributed by atoms with Gasteiger partial charge >= 0.3 is 0 Å². The number of thioether (sulfide) groups is 1. The summed E-state index contributed by atoms with van der Waals surface area (Å²) in [6, 6.07) is 4.56. The summed E-state index contributed by atoms with van der Waals surface area (Å²) in [5.41, 5.74) is 2.92. The molecule has 0 fully saturated rings. The second-order valence-corrected chi connectivity index (χ2v) is 5.37. The number of thiol groups is 1. The summed E-state index contributed by atoms with van der Waals surface area (Å²) in [4.78, 5) is 2.58. The van der Waals surface area contributed by atoms with Gasteiger partial charge in [-0.05, 0) is 29.5 Å². The molecule has 0 saturated carbocycles. The standard InChI is InChI=1S/C11H14S2/c1-7(2)9-5-8-3-4-13-11(8)10(12)6-9/h5-7,12H,3-4H2,1-2H3. The third-order valence-corrected chi connectivity index (χ3v) is 4.14. The first-order chi connectivity index (χ1) is 6.18. The van der Waals surface area contributed by atoms with Gasteiger partial charge in [-0.3, -0.25) is 0 Å². The zero-order chi connectivity index (χ0) is 9.42. The van der Waals surface area contributed by atoms with Crippen molar-refractivity contribution in [2.75, 3.05) is 5.75 Å². The van der Waals surface area contributed by atoms with Gasteiger partial charge in [0.15, 0.2) is 0 Å². The fraction of sp³-hybridized carbons (Fsp3) is 0.455. The number of hydrogen-bond donors (Lipinski definition) is 1. The van der Waals surface area contributed by atoms with Gasteiger partial charge in [0.2, 0.25) is 0 Å². The van der Waals surface area contributed by atoms with Crippen LogP contribution in [0.1, 0.15) is 30.9 Å². The average molecular weight is 210 g/mol. The second-order valence-electron chi connectivity index (χ2n) is 3.78. The molecule has 1 aliphatic rings. The molecule has 1 aromatic carbocycles. The van der Waals surface area contributed by atoms with E-state index in [1.165, 1.54) is 33.1 Å². The van der Waals surface area contributed by atoms with Crippen LogP contribution in [0.4, 0.5) is 0 Å². The van der Waals surface area contributed by atoms with Gasteiger partial charge in [-0.1, -0.05) is 19.9 Å². The van der Waals surface area contributed by atoms with Crippen LogP contribution in [0, 0.1) is 0 Å². The SMILES string of the molecule is CC(C)c1cc(S)c2c(c1)CCS2. The molecule has 70 valence electrons. The normalized spacial score (nSPS) is 15.1. The molecular weight excluding hydrogens is 196 g/mol. The van der Waals surface area contributed by atoms with E-state index in [1.54, 1.807) is 0 Å². The van der Waals surface area contributed by atoms with E-state index in [1.807, 2.05) is 11.8 Å². The minimum Gasteiger partial charge on any atom is -0.142 e. The van der Waals surface area contributed by atoms with E-state index < -0.39 is 0 Å². The Morgan fingerprint density at radius 1 is 1.38 bits per heavy atom. The molecule has 0 bridgehead atoms. The fourth-order valence-corrected chi connectivity index (χ4v) is 3.21. The lowest BCUT2D eigenvalue weighted by atomic mass is 10.00. The van der Waals surface area contributed by atoms with Gasteiger partial charge in [-0.2, -0.15) is 0 Å². The molecule has 1 heterocycles. The lowest BCUT2D eigenvalue weighted by Crippen LogP contribution is -1.91. The van der Waals surface area contributed by atoms with E-state index in [-0.39, 0.29) is 0 Å². The fourth-order valence-electron chi connectivity index (χ4n) is 1.65. The van der Waals surface area contributed by atoms with Crippen LogP contribution in [0.25, 0.3) is 0 Å². The molecule has 1 aromatic rings. The van der Waals surface area contributed by atoms with E-state index in [4.69, 9.17) is 0 Å². The third-order valence-electron chi connectivity index (χ3n) is 2.45. The molecule has 2 heteroatoms. The van der Waals surface area contributed by atoms with Crippen molar-refractivity contribution in [2.45, 2.75) is 36.0 Å². The van der Waals surface area contributed by atoms with Gasteiger partial charge in [0, 0.05) is 15.5 Å². The Bertz CT molecular complexity index is 329. The topological polar surface area (TPSA) is 0 Å². The first kappa shape index (κ1) is 9.47. The molecule has 0 saturated heterocycles. The zero-order valence-electron chi connectivity index (χ0n) is 8.00. The van der Waals surface area contributed by atoms with Crippen molar-refractivity contribution in [3.05, 3.63) is 23.3 Å². The summed E-state index contributed by atoms with van der Waals surface area (Å²) in [6.45, 7) is 4.47. The van der Waals surface area contributed by atoms with Crippen molar-refractivity contribution in [3.8, 4) is 0 Å². The Morgan fingerprint density at radius 3 is 2.85 bits per heavy atom. The van der Waals surface area contributed by atoms with Crippen molar-refractivity contribution in [1.82, 2.24) is 0 Å². The minimum absolute atomic E-state index is 0.613. The molecule has 0 unspecified atom stereocenters. The number of rotatable bonds is 1. The van der Waals surface area contributed by atoms with E-state index in [9.17, 15) is 0 Å². The second kappa shape index (κ2) is 3.58. The summed E-state index contributed by atoms with van der Waals surface area (Å²) in [5.74, 6) is 1.84. The summed E-state index contributed by atoms with van der Waals surface area (Å²) < 4.78 is 0. The Labute approximate surface area is 89.5 Å². The molecule has 0 aliphatic carbocycles. The Hall–Kier alpha value is -0.0800. The molecule has 0 N–H and O–H groups in total. The van der Waals surface area contributed by atoms with E-state index in [0.717, 1.165) is 0 Å². The molecule has 2 rings (SSSR count). The van der Waals surface area contributed by atoms with E-state index in [0.29, 0.717) is 5.92 Å². The highest BCUT2D eigenvalue weighted by molar-refractivity contribution is 8.00. The maximum Gasteiger partial charge on any atom is 0.0238 e. The largest absolute Gasteiger partial charge is 0.142 e. The predicted molar refractivity (Wildman–Crippen MR) is 62.2 cm³/mol. The summed E-state index contributed by atoms with van der Waals surface area (Å²) in [5, 5.41) is 0. The molecule has 0 radical (unpaired) electrons. The van der Waals surface area contributed by atoms with Crippen molar-refractivity contribution < 1.29 is 0 Å². The van der Waals surface area contributed by atoms with E-state index >= 15 is 0 Å². The van der Waals surface area contributed by atoms with Gasteiger partial charge in [-0.15, -0.1) is 24.4 Å². The number of hydrogen-bond acceptors (Lipinski definition) is 2. The summed E-state index contributed by atoms with van der Waals surface area (Å²) >= 11 is 6.47. The van der Waals surface area contributed by atoms with Crippen LogP contribution in [-0.4, -0.2) is 5.75 Å². The van der Waals surface area contributed by atoms with Gasteiger partial charge in [0.1, 0.15) is 0 Å². The lowest BCUT2D eigenvalue weighted by Gasteiger charge is -2.09. The van der Waals surface area contributed by atoms with Gasteiger partial charge in [0.25, 0.3) is 0 Å². The van der Waals surface area contributed by atoms with Crippen LogP contribution in [0.15, 0.2) is 21.9 Å². The van der Waals surface area contributed by atoms with Crippen LogP contribution in [0.2, 0.25) is 0 Å². The number of benzene rings is 1. The first-order valence-electron chi connectivity index (χ1n) is 4.67. The van der Waals surface area contributed by atoms with Gasteiger partial charge < -0.3 is 0 Å². The van der Waals surface area contributed by atoms with Crippen molar-refractivity contribution >= 4 is 24.4 Å². The Balaban J connectivity index is 2.49. The molecule has 13 heavy (non-hydrogen) atoms. The van der Waals surface area contributed by atoms with Crippen LogP contribution >= 0.6 is 24.4 Å².